The lowest BCUT2D eigenvalue weighted by molar-refractivity contribution is 0.191. The molecule has 1 atom stereocenters. The molecule has 9 heteroatoms. The molecular weight excluding hydrogens is 373 g/mol. The molecule has 0 bridgehead atoms. The first-order chi connectivity index (χ1) is 11.3. The second-order valence-corrected chi connectivity index (χ2v) is 9.19. The third kappa shape index (κ3) is 4.07. The number of sulfone groups is 1. The first-order valence-corrected chi connectivity index (χ1v) is 10.4. The van der Waals surface area contributed by atoms with Crippen LogP contribution in [0.1, 0.15) is 6.42 Å². The second-order valence-electron chi connectivity index (χ2n) is 6.12. The van der Waals surface area contributed by atoms with Gasteiger partial charge in [-0.05, 0) is 24.6 Å². The van der Waals surface area contributed by atoms with Crippen molar-refractivity contribution >= 4 is 44.8 Å². The molecule has 24 heavy (non-hydrogen) atoms. The number of piperazine rings is 1. The molecule has 2 saturated heterocycles. The molecule has 3 rings (SSSR count). The Balaban J connectivity index is 1.54. The number of carbonyl (C=O) groups excluding carboxylic acids is 1. The van der Waals surface area contributed by atoms with Crippen LogP contribution in [0.15, 0.2) is 18.2 Å². The van der Waals surface area contributed by atoms with Gasteiger partial charge in [-0.25, -0.2) is 13.2 Å². The van der Waals surface area contributed by atoms with Crippen molar-refractivity contribution in [1.82, 2.24) is 10.2 Å². The van der Waals surface area contributed by atoms with Crippen LogP contribution in [-0.4, -0.2) is 63.1 Å². The predicted molar refractivity (Wildman–Crippen MR) is 95.8 cm³/mol. The predicted octanol–water partition coefficient (Wildman–Crippen LogP) is 2.01. The fraction of sp³-hybridized carbons (Fsp3) is 0.533. The monoisotopic (exact) mass is 391 g/mol. The molecular formula is C15H19Cl2N3O3S. The normalized spacial score (nSPS) is 23.3. The van der Waals surface area contributed by atoms with Crippen LogP contribution in [0, 0.1) is 0 Å². The Kier molecular flexibility index (Phi) is 5.13. The largest absolute Gasteiger partial charge is 0.367 e. The summed E-state index contributed by atoms with van der Waals surface area (Å²) in [4.78, 5) is 16.1. The Morgan fingerprint density at radius 2 is 1.88 bits per heavy atom. The highest BCUT2D eigenvalue weighted by atomic mass is 35.5. The fourth-order valence-electron chi connectivity index (χ4n) is 3.06. The van der Waals surface area contributed by atoms with Crippen LogP contribution in [0.25, 0.3) is 0 Å². The molecule has 0 saturated carbocycles. The molecule has 1 aromatic carbocycles. The highest BCUT2D eigenvalue weighted by Gasteiger charge is 2.31. The number of urea groups is 1. The molecule has 2 aliphatic heterocycles. The summed E-state index contributed by atoms with van der Waals surface area (Å²) in [6.07, 6.45) is 0.494. The summed E-state index contributed by atoms with van der Waals surface area (Å²) in [5.74, 6) is 0.194. The van der Waals surface area contributed by atoms with Crippen molar-refractivity contribution < 1.29 is 13.2 Å². The zero-order valence-electron chi connectivity index (χ0n) is 13.0. The standard InChI is InChI=1S/C15H19Cl2N3O3S/c16-11-1-2-14(13(17)9-11)19-4-6-20(7-5-19)15(21)18-12-3-8-24(22,23)10-12/h1-2,9,12H,3-8,10H2,(H,18,21). The van der Waals surface area contributed by atoms with Crippen molar-refractivity contribution in [3.8, 4) is 0 Å². The van der Waals surface area contributed by atoms with Crippen molar-refractivity contribution in [1.29, 1.82) is 0 Å². The number of amides is 2. The summed E-state index contributed by atoms with van der Waals surface area (Å²) >= 11 is 12.1. The van der Waals surface area contributed by atoms with Gasteiger partial charge in [0, 0.05) is 37.2 Å². The summed E-state index contributed by atoms with van der Waals surface area (Å²) in [7, 11) is -2.99. The number of hydrogen-bond acceptors (Lipinski definition) is 4. The number of carbonyl (C=O) groups is 1. The number of halogens is 2. The lowest BCUT2D eigenvalue weighted by Gasteiger charge is -2.36. The lowest BCUT2D eigenvalue weighted by Crippen LogP contribution is -2.53. The van der Waals surface area contributed by atoms with Gasteiger partial charge in [-0.15, -0.1) is 0 Å². The van der Waals surface area contributed by atoms with Gasteiger partial charge in [0.15, 0.2) is 9.84 Å². The molecule has 0 aliphatic carbocycles. The number of nitrogens with one attached hydrogen (secondary N) is 1. The third-order valence-electron chi connectivity index (χ3n) is 4.38. The summed E-state index contributed by atoms with van der Waals surface area (Å²) in [6.45, 7) is 2.45. The van der Waals surface area contributed by atoms with Gasteiger partial charge in [0.25, 0.3) is 0 Å². The molecule has 1 unspecified atom stereocenters. The summed E-state index contributed by atoms with van der Waals surface area (Å²) in [6, 6.07) is 4.91. The van der Waals surface area contributed by atoms with Crippen molar-refractivity contribution in [3.05, 3.63) is 28.2 Å². The molecule has 0 radical (unpaired) electrons. The number of benzene rings is 1. The SMILES string of the molecule is O=C(NC1CCS(=O)(=O)C1)N1CCN(c2ccc(Cl)cc2Cl)CC1. The maximum Gasteiger partial charge on any atom is 0.317 e. The highest BCUT2D eigenvalue weighted by Crippen LogP contribution is 2.29. The Hall–Kier alpha value is -1.18. The Bertz CT molecular complexity index is 733. The van der Waals surface area contributed by atoms with Crippen LogP contribution >= 0.6 is 23.2 Å². The molecule has 2 amide bonds. The van der Waals surface area contributed by atoms with E-state index in [4.69, 9.17) is 23.2 Å². The van der Waals surface area contributed by atoms with E-state index in [1.165, 1.54) is 0 Å². The van der Waals surface area contributed by atoms with Crippen LogP contribution in [0.4, 0.5) is 10.5 Å². The smallest absolute Gasteiger partial charge is 0.317 e. The minimum Gasteiger partial charge on any atom is -0.367 e. The number of nitrogens with zero attached hydrogens (tertiary/aromatic N) is 2. The van der Waals surface area contributed by atoms with E-state index in [9.17, 15) is 13.2 Å². The fourth-order valence-corrected chi connectivity index (χ4v) is 5.26. The van der Waals surface area contributed by atoms with Gasteiger partial charge in [0.05, 0.1) is 22.2 Å². The van der Waals surface area contributed by atoms with Gasteiger partial charge in [-0.3, -0.25) is 0 Å². The quantitative estimate of drug-likeness (QED) is 0.836. The topological polar surface area (TPSA) is 69.7 Å². The van der Waals surface area contributed by atoms with Crippen molar-refractivity contribution in [3.63, 3.8) is 0 Å². The van der Waals surface area contributed by atoms with Crippen molar-refractivity contribution in [2.45, 2.75) is 12.5 Å². The lowest BCUT2D eigenvalue weighted by atomic mass is 10.2. The van der Waals surface area contributed by atoms with Gasteiger partial charge >= 0.3 is 6.03 Å². The number of rotatable bonds is 2. The molecule has 1 aromatic rings. The summed E-state index contributed by atoms with van der Waals surface area (Å²) in [5, 5.41) is 4.01. The van der Waals surface area contributed by atoms with E-state index in [-0.39, 0.29) is 23.6 Å². The van der Waals surface area contributed by atoms with Crippen LogP contribution in [0.2, 0.25) is 10.0 Å². The first-order valence-electron chi connectivity index (χ1n) is 7.80. The molecule has 132 valence electrons. The van der Waals surface area contributed by atoms with E-state index in [1.54, 1.807) is 17.0 Å². The average molecular weight is 392 g/mol. The first kappa shape index (κ1) is 17.6. The maximum atomic E-state index is 12.3. The van der Waals surface area contributed by atoms with E-state index in [1.807, 2.05) is 6.07 Å². The number of anilines is 1. The Labute approximate surface area is 151 Å². The van der Waals surface area contributed by atoms with Gasteiger partial charge in [-0.2, -0.15) is 0 Å². The Morgan fingerprint density at radius 3 is 2.46 bits per heavy atom. The highest BCUT2D eigenvalue weighted by molar-refractivity contribution is 7.91. The Morgan fingerprint density at radius 1 is 1.17 bits per heavy atom. The zero-order chi connectivity index (χ0) is 17.3. The van der Waals surface area contributed by atoms with Gasteiger partial charge in [0.2, 0.25) is 0 Å². The van der Waals surface area contributed by atoms with E-state index in [0.29, 0.717) is 42.6 Å². The minimum absolute atomic E-state index is 0.0408. The molecule has 0 aromatic heterocycles. The van der Waals surface area contributed by atoms with Crippen molar-refractivity contribution in [2.75, 3.05) is 42.6 Å². The van der Waals surface area contributed by atoms with E-state index in [0.717, 1.165) is 5.69 Å². The second kappa shape index (κ2) is 6.98. The molecule has 2 aliphatic rings. The summed E-state index contributed by atoms with van der Waals surface area (Å²) in [5.41, 5.74) is 0.906. The maximum absolute atomic E-state index is 12.3. The van der Waals surface area contributed by atoms with Gasteiger partial charge in [0.1, 0.15) is 0 Å². The molecule has 6 nitrogen and oxygen atoms in total. The van der Waals surface area contributed by atoms with E-state index >= 15 is 0 Å². The average Bonchev–Trinajstić information content (AvgIpc) is 2.86. The van der Waals surface area contributed by atoms with Crippen LogP contribution < -0.4 is 10.2 Å². The summed E-state index contributed by atoms with van der Waals surface area (Å²) < 4.78 is 22.9. The molecule has 1 N–H and O–H groups in total. The third-order valence-corrected chi connectivity index (χ3v) is 6.68. The molecule has 2 heterocycles. The minimum atomic E-state index is -2.99. The van der Waals surface area contributed by atoms with E-state index < -0.39 is 9.84 Å². The molecule has 2 fully saturated rings. The number of hydrogen-bond donors (Lipinski definition) is 1. The van der Waals surface area contributed by atoms with Gasteiger partial charge < -0.3 is 15.1 Å². The van der Waals surface area contributed by atoms with Crippen LogP contribution in [0.3, 0.4) is 0 Å². The zero-order valence-corrected chi connectivity index (χ0v) is 15.4. The van der Waals surface area contributed by atoms with Gasteiger partial charge in [-0.1, -0.05) is 23.2 Å². The van der Waals surface area contributed by atoms with Crippen molar-refractivity contribution in [2.24, 2.45) is 0 Å². The van der Waals surface area contributed by atoms with Crippen LogP contribution in [0.5, 0.6) is 0 Å². The molecule has 0 spiro atoms. The van der Waals surface area contributed by atoms with E-state index in [2.05, 4.69) is 10.2 Å². The van der Waals surface area contributed by atoms with Crippen LogP contribution in [-0.2, 0) is 9.84 Å².